The fourth-order valence-electron chi connectivity index (χ4n) is 3.33. The maximum absolute atomic E-state index is 14.2. The first-order chi connectivity index (χ1) is 9.64. The molecule has 20 heavy (non-hydrogen) atoms. The van der Waals surface area contributed by atoms with Gasteiger partial charge in [-0.05, 0) is 32.0 Å². The third kappa shape index (κ3) is 2.78. The predicted molar refractivity (Wildman–Crippen MR) is 79.3 cm³/mol. The standard InChI is InChI=1S/C17H24FNO/c1-3-19(4-2)13-16(20)17(11-7-8-12-17)14-9-5-6-10-15(14)18/h5-6,9-10H,3-4,7-8,11-13H2,1-2H3. The molecule has 0 atom stereocenters. The largest absolute Gasteiger partial charge is 0.297 e. The van der Waals surface area contributed by atoms with Crippen molar-refractivity contribution in [3.63, 3.8) is 0 Å². The molecule has 0 radical (unpaired) electrons. The molecule has 0 spiro atoms. The highest BCUT2D eigenvalue weighted by Gasteiger charge is 2.43. The average molecular weight is 277 g/mol. The molecule has 2 rings (SSSR count). The SMILES string of the molecule is CCN(CC)CC(=O)C1(c2ccccc2F)CCCC1. The molecule has 110 valence electrons. The summed E-state index contributed by atoms with van der Waals surface area (Å²) in [5.74, 6) is -0.0499. The number of halogens is 1. The topological polar surface area (TPSA) is 20.3 Å². The zero-order valence-electron chi connectivity index (χ0n) is 12.5. The van der Waals surface area contributed by atoms with Crippen molar-refractivity contribution >= 4 is 5.78 Å². The van der Waals surface area contributed by atoms with Gasteiger partial charge in [0.1, 0.15) is 5.82 Å². The second-order valence-corrected chi connectivity index (χ2v) is 5.65. The Morgan fingerprint density at radius 3 is 2.35 bits per heavy atom. The van der Waals surface area contributed by atoms with Crippen LogP contribution in [0.15, 0.2) is 24.3 Å². The fraction of sp³-hybridized carbons (Fsp3) is 0.588. The number of likely N-dealkylation sites (N-methyl/N-ethyl adjacent to an activating group) is 1. The molecule has 1 aromatic carbocycles. The van der Waals surface area contributed by atoms with Crippen LogP contribution in [0.1, 0.15) is 45.1 Å². The van der Waals surface area contributed by atoms with Gasteiger partial charge in [0, 0.05) is 5.56 Å². The van der Waals surface area contributed by atoms with Crippen LogP contribution in [0, 0.1) is 5.82 Å². The highest BCUT2D eigenvalue weighted by Crippen LogP contribution is 2.43. The summed E-state index contributed by atoms with van der Waals surface area (Å²) in [6, 6.07) is 6.79. The number of hydrogen-bond acceptors (Lipinski definition) is 2. The van der Waals surface area contributed by atoms with E-state index < -0.39 is 5.41 Å². The average Bonchev–Trinajstić information content (AvgIpc) is 2.95. The summed E-state index contributed by atoms with van der Waals surface area (Å²) < 4.78 is 14.2. The molecule has 0 amide bonds. The van der Waals surface area contributed by atoms with Gasteiger partial charge in [0.05, 0.1) is 12.0 Å². The first kappa shape index (κ1) is 15.2. The molecule has 1 saturated carbocycles. The minimum absolute atomic E-state index is 0.184. The molecule has 1 aromatic rings. The highest BCUT2D eigenvalue weighted by molar-refractivity contribution is 5.92. The van der Waals surface area contributed by atoms with Crippen LogP contribution < -0.4 is 0 Å². The molecule has 0 N–H and O–H groups in total. The predicted octanol–water partition coefficient (Wildman–Crippen LogP) is 3.55. The second kappa shape index (κ2) is 6.49. The maximum atomic E-state index is 14.2. The Labute approximate surface area is 121 Å². The fourth-order valence-corrected chi connectivity index (χ4v) is 3.33. The number of benzene rings is 1. The van der Waals surface area contributed by atoms with Gasteiger partial charge < -0.3 is 0 Å². The van der Waals surface area contributed by atoms with Crippen molar-refractivity contribution in [2.45, 2.75) is 44.9 Å². The van der Waals surface area contributed by atoms with Crippen LogP contribution in [0.3, 0.4) is 0 Å². The number of Topliss-reactive ketones (excluding diaryl/α,β-unsaturated/α-hetero) is 1. The maximum Gasteiger partial charge on any atom is 0.157 e. The number of rotatable bonds is 6. The van der Waals surface area contributed by atoms with Crippen LogP contribution in [0.25, 0.3) is 0 Å². The number of carbonyl (C=O) groups is 1. The molecule has 1 fully saturated rings. The van der Waals surface area contributed by atoms with Gasteiger partial charge in [-0.15, -0.1) is 0 Å². The van der Waals surface area contributed by atoms with Crippen molar-refractivity contribution in [2.24, 2.45) is 0 Å². The van der Waals surface area contributed by atoms with Gasteiger partial charge >= 0.3 is 0 Å². The quantitative estimate of drug-likeness (QED) is 0.792. The van der Waals surface area contributed by atoms with E-state index in [4.69, 9.17) is 0 Å². The van der Waals surface area contributed by atoms with E-state index in [1.165, 1.54) is 6.07 Å². The van der Waals surface area contributed by atoms with Crippen molar-refractivity contribution in [1.29, 1.82) is 0 Å². The second-order valence-electron chi connectivity index (χ2n) is 5.65. The van der Waals surface area contributed by atoms with E-state index in [1.54, 1.807) is 12.1 Å². The van der Waals surface area contributed by atoms with E-state index in [2.05, 4.69) is 18.7 Å². The summed E-state index contributed by atoms with van der Waals surface area (Å²) in [5.41, 5.74) is 0.0168. The first-order valence-corrected chi connectivity index (χ1v) is 7.64. The summed E-state index contributed by atoms with van der Waals surface area (Å²) in [6.07, 6.45) is 3.60. The van der Waals surface area contributed by atoms with E-state index >= 15 is 0 Å². The normalized spacial score (nSPS) is 17.6. The van der Waals surface area contributed by atoms with Crippen LogP contribution in [-0.4, -0.2) is 30.3 Å². The third-order valence-electron chi connectivity index (χ3n) is 4.64. The van der Waals surface area contributed by atoms with E-state index in [9.17, 15) is 9.18 Å². The first-order valence-electron chi connectivity index (χ1n) is 7.64. The van der Waals surface area contributed by atoms with E-state index in [-0.39, 0.29) is 11.6 Å². The summed E-state index contributed by atoms with van der Waals surface area (Å²) in [7, 11) is 0. The van der Waals surface area contributed by atoms with Gasteiger partial charge in [-0.1, -0.05) is 44.9 Å². The lowest BCUT2D eigenvalue weighted by Gasteiger charge is -2.31. The van der Waals surface area contributed by atoms with Gasteiger partial charge in [-0.3, -0.25) is 9.69 Å². The lowest BCUT2D eigenvalue weighted by atomic mass is 9.74. The van der Waals surface area contributed by atoms with E-state index in [0.717, 1.165) is 38.8 Å². The molecule has 0 saturated heterocycles. The van der Waals surface area contributed by atoms with Gasteiger partial charge in [-0.25, -0.2) is 4.39 Å². The molecule has 0 unspecified atom stereocenters. The van der Waals surface area contributed by atoms with Gasteiger partial charge in [0.2, 0.25) is 0 Å². The Morgan fingerprint density at radius 1 is 1.20 bits per heavy atom. The molecule has 0 aliphatic heterocycles. The molecular formula is C17H24FNO. The van der Waals surface area contributed by atoms with Gasteiger partial charge in [0.25, 0.3) is 0 Å². The Morgan fingerprint density at radius 2 is 1.80 bits per heavy atom. The Bertz CT molecular complexity index is 462. The van der Waals surface area contributed by atoms with Crippen molar-refractivity contribution < 1.29 is 9.18 Å². The number of nitrogens with zero attached hydrogens (tertiary/aromatic N) is 1. The van der Waals surface area contributed by atoms with Crippen molar-refractivity contribution in [1.82, 2.24) is 4.90 Å². The summed E-state index contributed by atoms with van der Waals surface area (Å²) in [4.78, 5) is 15.0. The Hall–Kier alpha value is -1.22. The number of hydrogen-bond donors (Lipinski definition) is 0. The van der Waals surface area contributed by atoms with Crippen molar-refractivity contribution in [3.8, 4) is 0 Å². The lowest BCUT2D eigenvalue weighted by molar-refractivity contribution is -0.125. The number of ketones is 1. The monoisotopic (exact) mass is 277 g/mol. The molecular weight excluding hydrogens is 253 g/mol. The van der Waals surface area contributed by atoms with Crippen molar-refractivity contribution in [2.75, 3.05) is 19.6 Å². The molecule has 1 aliphatic rings. The van der Waals surface area contributed by atoms with Crippen LogP contribution in [0.4, 0.5) is 4.39 Å². The zero-order valence-corrected chi connectivity index (χ0v) is 12.5. The minimum atomic E-state index is -0.589. The molecule has 0 bridgehead atoms. The van der Waals surface area contributed by atoms with Gasteiger partial charge in [-0.2, -0.15) is 0 Å². The van der Waals surface area contributed by atoms with Crippen LogP contribution in [0.2, 0.25) is 0 Å². The van der Waals surface area contributed by atoms with E-state index in [0.29, 0.717) is 12.1 Å². The lowest BCUT2D eigenvalue weighted by Crippen LogP contribution is -2.42. The van der Waals surface area contributed by atoms with Crippen molar-refractivity contribution in [3.05, 3.63) is 35.6 Å². The summed E-state index contributed by atoms with van der Waals surface area (Å²) in [5, 5.41) is 0. The van der Waals surface area contributed by atoms with E-state index in [1.807, 2.05) is 6.07 Å². The molecule has 0 aromatic heterocycles. The van der Waals surface area contributed by atoms with Crippen LogP contribution in [0.5, 0.6) is 0 Å². The molecule has 1 aliphatic carbocycles. The van der Waals surface area contributed by atoms with Crippen LogP contribution in [-0.2, 0) is 10.2 Å². The summed E-state index contributed by atoms with van der Waals surface area (Å²) >= 11 is 0. The van der Waals surface area contributed by atoms with Crippen LogP contribution >= 0.6 is 0 Å². The smallest absolute Gasteiger partial charge is 0.157 e. The third-order valence-corrected chi connectivity index (χ3v) is 4.64. The summed E-state index contributed by atoms with van der Waals surface area (Å²) in [6.45, 7) is 6.26. The van der Waals surface area contributed by atoms with Gasteiger partial charge in [0.15, 0.2) is 5.78 Å². The Balaban J connectivity index is 2.31. The molecule has 0 heterocycles. The zero-order chi connectivity index (χ0) is 14.6. The Kier molecular flexibility index (Phi) is 4.92. The molecule has 3 heteroatoms. The highest BCUT2D eigenvalue weighted by atomic mass is 19.1. The number of carbonyl (C=O) groups excluding carboxylic acids is 1. The molecule has 2 nitrogen and oxygen atoms in total. The minimum Gasteiger partial charge on any atom is -0.297 e.